The number of hydrogen-bond donors (Lipinski definition) is 3. The molecule has 3 N–H and O–H groups in total. The maximum absolute atomic E-state index is 9.45. The van der Waals surface area contributed by atoms with Crippen LogP contribution in [0.1, 0.15) is 35.4 Å². The van der Waals surface area contributed by atoms with Gasteiger partial charge in [-0.1, -0.05) is 31.7 Å². The second kappa shape index (κ2) is 36.2. The fourth-order valence-electron chi connectivity index (χ4n) is 9.96. The highest BCUT2D eigenvalue weighted by Crippen LogP contribution is 2.38. The van der Waals surface area contributed by atoms with Gasteiger partial charge in [0.1, 0.15) is 116 Å². The van der Waals surface area contributed by atoms with Gasteiger partial charge in [0.05, 0.1) is 68.8 Å². The summed E-state index contributed by atoms with van der Waals surface area (Å²) >= 11 is 15.6. The standard InChI is InChI=1S/C22H15BrN2O3.C16H10BrNO2.C15H8BrNO2.C9H9BO4.C9H8O2.C7H3BrIN.CH4/c1-26-17-6-5-15(25-12-17)13-27-16-7-8-21-14(9-16)10-22(28-21)18-3-2-4-20(23)19(18)11-24;1-19-11-5-6-15-10(7-11)8-16(20-15)12-3-2-4-14(17)13(12)9-18;16-13-3-1-2-11(12(13)8-17)15-7-9-6-10(18)4-5-14(9)19-15;1-13-7-2-3-8-6(4-7)5-9(14-8)10(11)12;1-10-8-2-3-9-7(6-8)4-5-11-9;8-6-2-1-3-7(9)5(6)4-10;/h2-10,12H,13H2,1H3;2-8H,1H3;1-7,18H;2-5,11-12H,1H3;2-6H,1H3;1-3H;1H4. The molecular formula is C79H57BBr4IN5O13. The van der Waals surface area contributed by atoms with Crippen LogP contribution in [0, 0.1) is 48.9 Å². The second-order valence-electron chi connectivity index (χ2n) is 21.4. The molecule has 15 aromatic rings. The molecule has 0 bridgehead atoms. The fourth-order valence-corrected chi connectivity index (χ4v) is 12.8. The lowest BCUT2D eigenvalue weighted by Crippen LogP contribution is -2.27. The van der Waals surface area contributed by atoms with E-state index in [9.17, 15) is 20.9 Å². The van der Waals surface area contributed by atoms with E-state index >= 15 is 0 Å². The van der Waals surface area contributed by atoms with E-state index in [0.29, 0.717) is 74.6 Å². The molecule has 15 rings (SSSR count). The minimum absolute atomic E-state index is 0. The zero-order valence-corrected chi connectivity index (χ0v) is 62.6. The number of phenols is 1. The van der Waals surface area contributed by atoms with Crippen molar-refractivity contribution in [3.05, 3.63) is 268 Å². The number of fused-ring (bicyclic) bond motifs is 5. The Morgan fingerprint density at radius 1 is 0.427 bits per heavy atom. The number of nitrogens with zero attached hydrogens (tertiary/aromatic N) is 5. The first-order chi connectivity index (χ1) is 49.4. The van der Waals surface area contributed by atoms with Crippen LogP contribution in [0.4, 0.5) is 0 Å². The molecule has 0 fully saturated rings. The molecule has 9 aromatic carbocycles. The average molecular weight is 1740 g/mol. The normalized spacial score (nSPS) is 10.2. The van der Waals surface area contributed by atoms with Gasteiger partial charge in [-0.15, -0.1) is 0 Å². The van der Waals surface area contributed by atoms with E-state index in [2.05, 4.69) is 116 Å². The number of ether oxygens (including phenoxy) is 5. The average Bonchev–Trinajstić information content (AvgIpc) is 1.69. The molecule has 0 radical (unpaired) electrons. The van der Waals surface area contributed by atoms with Crippen molar-refractivity contribution >= 4 is 154 Å². The number of pyridine rings is 1. The molecule has 0 amide bonds. The van der Waals surface area contributed by atoms with E-state index in [4.69, 9.17) is 61.1 Å². The van der Waals surface area contributed by atoms with Gasteiger partial charge >= 0.3 is 7.12 Å². The van der Waals surface area contributed by atoms with Crippen LogP contribution in [-0.2, 0) is 6.61 Å². The summed E-state index contributed by atoms with van der Waals surface area (Å²) in [6.07, 6.45) is 3.33. The fraction of sp³-hybridized carbons (Fsp3) is 0.0759. The number of hydrogen-bond acceptors (Lipinski definition) is 18. The predicted molar refractivity (Wildman–Crippen MR) is 419 cm³/mol. The van der Waals surface area contributed by atoms with E-state index in [1.54, 1.807) is 83.4 Å². The highest BCUT2D eigenvalue weighted by atomic mass is 127. The van der Waals surface area contributed by atoms with E-state index in [1.165, 1.54) is 0 Å². The van der Waals surface area contributed by atoms with Crippen LogP contribution < -0.4 is 29.3 Å². The minimum atomic E-state index is -1.58. The van der Waals surface area contributed by atoms with Crippen LogP contribution >= 0.6 is 86.3 Å². The smallest absolute Gasteiger partial charge is 0.508 e. The molecule has 103 heavy (non-hydrogen) atoms. The molecule has 6 heterocycles. The summed E-state index contributed by atoms with van der Waals surface area (Å²) in [5.74, 6) is 5.88. The Kier molecular flexibility index (Phi) is 26.9. The molecule has 0 atom stereocenters. The Balaban J connectivity index is 0.000000148. The summed E-state index contributed by atoms with van der Waals surface area (Å²) in [7, 11) is 4.89. The molecule has 0 saturated heterocycles. The first-order valence-corrected chi connectivity index (χ1v) is 34.5. The van der Waals surface area contributed by atoms with Gasteiger partial charge in [0.25, 0.3) is 0 Å². The molecule has 18 nitrogen and oxygen atoms in total. The lowest BCUT2D eigenvalue weighted by molar-refractivity contribution is 0.301. The summed E-state index contributed by atoms with van der Waals surface area (Å²) in [6, 6.07) is 71.0. The summed E-state index contributed by atoms with van der Waals surface area (Å²) in [5.41, 5.74) is 9.23. The van der Waals surface area contributed by atoms with E-state index in [0.717, 1.165) is 99.0 Å². The molecule has 24 heteroatoms. The number of methoxy groups -OCH3 is 4. The third kappa shape index (κ3) is 19.1. The van der Waals surface area contributed by atoms with Gasteiger partial charge in [0.15, 0.2) is 0 Å². The molecule has 0 aliphatic carbocycles. The van der Waals surface area contributed by atoms with E-state index < -0.39 is 7.12 Å². The number of phenolic OH excluding ortho intramolecular Hbond substituents is 1. The highest BCUT2D eigenvalue weighted by Gasteiger charge is 2.19. The van der Waals surface area contributed by atoms with E-state index in [-0.39, 0.29) is 18.8 Å². The quantitative estimate of drug-likeness (QED) is 0.0801. The molecule has 0 aliphatic rings. The second-order valence-corrected chi connectivity index (χ2v) is 26.0. The number of benzene rings is 9. The van der Waals surface area contributed by atoms with Gasteiger partial charge < -0.3 is 60.9 Å². The first kappa shape index (κ1) is 76.4. The van der Waals surface area contributed by atoms with Gasteiger partial charge in [-0.25, -0.2) is 0 Å². The van der Waals surface area contributed by atoms with Crippen LogP contribution in [0.25, 0.3) is 88.8 Å². The maximum Gasteiger partial charge on any atom is 0.526 e. The Hall–Kier alpha value is -10.8. The third-order valence-corrected chi connectivity index (χ3v) is 18.6. The molecule has 514 valence electrons. The monoisotopic (exact) mass is 1740 g/mol. The van der Waals surface area contributed by atoms with Gasteiger partial charge in [0.2, 0.25) is 0 Å². The number of furan rings is 5. The summed E-state index contributed by atoms with van der Waals surface area (Å²) < 4.78 is 58.1. The Morgan fingerprint density at radius 3 is 1.24 bits per heavy atom. The minimum Gasteiger partial charge on any atom is -0.508 e. The number of aromatic hydroxyl groups is 1. The highest BCUT2D eigenvalue weighted by molar-refractivity contribution is 14.1. The van der Waals surface area contributed by atoms with Gasteiger partial charge in [0, 0.05) is 65.1 Å². The molecule has 0 spiro atoms. The van der Waals surface area contributed by atoms with Crippen LogP contribution in [0.3, 0.4) is 0 Å². The Morgan fingerprint density at radius 2 is 0.816 bits per heavy atom. The van der Waals surface area contributed by atoms with Crippen molar-refractivity contribution in [2.75, 3.05) is 28.4 Å². The van der Waals surface area contributed by atoms with Gasteiger partial charge in [-0.3, -0.25) is 4.98 Å². The van der Waals surface area contributed by atoms with Crippen molar-refractivity contribution in [2.24, 2.45) is 0 Å². The number of aromatic nitrogens is 1. The van der Waals surface area contributed by atoms with Gasteiger partial charge in [-0.05, 0) is 268 Å². The van der Waals surface area contributed by atoms with Crippen LogP contribution in [-0.4, -0.2) is 55.7 Å². The van der Waals surface area contributed by atoms with Crippen molar-refractivity contribution in [1.82, 2.24) is 4.98 Å². The number of halogens is 5. The maximum atomic E-state index is 9.45. The van der Waals surface area contributed by atoms with Crippen molar-refractivity contribution in [3.63, 3.8) is 0 Å². The molecule has 0 unspecified atom stereocenters. The first-order valence-electron chi connectivity index (χ1n) is 30.3. The largest absolute Gasteiger partial charge is 0.526 e. The number of rotatable bonds is 11. The van der Waals surface area contributed by atoms with E-state index in [1.807, 2.05) is 164 Å². The summed E-state index contributed by atoms with van der Waals surface area (Å²) in [6.45, 7) is 0.352. The lowest BCUT2D eigenvalue weighted by atomic mass is 9.88. The molecular weight excluding hydrogens is 1680 g/mol. The predicted octanol–water partition coefficient (Wildman–Crippen LogP) is 21.0. The van der Waals surface area contributed by atoms with Crippen LogP contribution in [0.15, 0.2) is 259 Å². The summed E-state index contributed by atoms with van der Waals surface area (Å²) in [4.78, 5) is 4.29. The lowest BCUT2D eigenvalue weighted by Gasteiger charge is -2.06. The topological polar surface area (TPSA) is 281 Å². The van der Waals surface area contributed by atoms with Crippen molar-refractivity contribution in [2.45, 2.75) is 14.0 Å². The van der Waals surface area contributed by atoms with Crippen molar-refractivity contribution in [1.29, 1.82) is 21.0 Å². The Bertz CT molecular complexity index is 5630. The van der Waals surface area contributed by atoms with Crippen molar-refractivity contribution in [3.8, 4) is 92.7 Å². The number of nitriles is 4. The SMILES string of the molecule is C.COc1ccc(COc2ccc3oc(-c4cccc(Br)c4C#N)cc3c2)nc1.COc1ccc2oc(-c3cccc(Br)c3C#N)cc2c1.COc1ccc2oc(B(O)O)cc2c1.COc1ccc2occc2c1.N#Cc1c(Br)cccc1-c1cc2cc(O)ccc2o1.N#Cc1c(Br)cccc1I. The Labute approximate surface area is 638 Å². The van der Waals surface area contributed by atoms with Crippen LogP contribution in [0.5, 0.6) is 34.5 Å². The van der Waals surface area contributed by atoms with Gasteiger partial charge in [-0.2, -0.15) is 21.0 Å². The van der Waals surface area contributed by atoms with Crippen LogP contribution in [0.2, 0.25) is 0 Å². The zero-order valence-electron chi connectivity index (χ0n) is 54.1. The zero-order chi connectivity index (χ0) is 72.4. The molecule has 0 saturated carbocycles. The molecule has 6 aromatic heterocycles. The summed E-state index contributed by atoms with van der Waals surface area (Å²) in [5, 5.41) is 68.3. The third-order valence-electron chi connectivity index (χ3n) is 15.0. The van der Waals surface area contributed by atoms with Crippen molar-refractivity contribution < 1.29 is 60.9 Å². The molecule has 0 aliphatic heterocycles.